The van der Waals surface area contributed by atoms with Gasteiger partial charge in [-0.15, -0.1) is 0 Å². The summed E-state index contributed by atoms with van der Waals surface area (Å²) in [4.78, 5) is 41.5. The number of esters is 1. The SMILES string of the molecule is CCOC(=O)c1ccc(N2C[C@H](C(=O)Nc3ncn[nH]3)CC2=O)cc1. The van der Waals surface area contributed by atoms with E-state index >= 15 is 0 Å². The van der Waals surface area contributed by atoms with Crippen molar-refractivity contribution in [3.05, 3.63) is 36.2 Å². The summed E-state index contributed by atoms with van der Waals surface area (Å²) in [7, 11) is 0. The molecule has 0 radical (unpaired) electrons. The molecule has 1 aliphatic rings. The Kier molecular flexibility index (Phi) is 4.73. The van der Waals surface area contributed by atoms with E-state index in [9.17, 15) is 14.4 Å². The van der Waals surface area contributed by atoms with Crippen LogP contribution in [0.25, 0.3) is 0 Å². The number of carbonyl (C=O) groups is 3. The van der Waals surface area contributed by atoms with Crippen LogP contribution < -0.4 is 10.2 Å². The second kappa shape index (κ2) is 7.12. The first kappa shape index (κ1) is 16.6. The highest BCUT2D eigenvalue weighted by Crippen LogP contribution is 2.26. The minimum absolute atomic E-state index is 0.111. The molecule has 25 heavy (non-hydrogen) atoms. The number of rotatable bonds is 5. The molecule has 1 aliphatic heterocycles. The van der Waals surface area contributed by atoms with E-state index < -0.39 is 11.9 Å². The molecule has 0 bridgehead atoms. The summed E-state index contributed by atoms with van der Waals surface area (Å²) in [6.07, 6.45) is 1.40. The van der Waals surface area contributed by atoms with Crippen molar-refractivity contribution >= 4 is 29.4 Å². The maximum atomic E-state index is 12.2. The van der Waals surface area contributed by atoms with Gasteiger partial charge in [0.05, 0.1) is 18.1 Å². The normalized spacial score (nSPS) is 16.8. The van der Waals surface area contributed by atoms with E-state index in [-0.39, 0.29) is 30.7 Å². The van der Waals surface area contributed by atoms with Crippen LogP contribution in [0.1, 0.15) is 23.7 Å². The fourth-order valence-electron chi connectivity index (χ4n) is 2.61. The van der Waals surface area contributed by atoms with Crippen molar-refractivity contribution in [3.63, 3.8) is 0 Å². The van der Waals surface area contributed by atoms with E-state index in [0.29, 0.717) is 17.9 Å². The first-order valence-corrected chi connectivity index (χ1v) is 7.82. The standard InChI is InChI=1S/C16H17N5O4/c1-2-25-15(24)10-3-5-12(6-4-10)21-8-11(7-13(21)22)14(23)19-16-17-9-18-20-16/h3-6,9,11H,2,7-8H2,1H3,(H2,17,18,19,20,23)/t11-/m1/s1. The molecule has 1 aromatic carbocycles. The number of hydrogen-bond donors (Lipinski definition) is 2. The molecule has 1 saturated heterocycles. The number of anilines is 2. The van der Waals surface area contributed by atoms with E-state index in [1.807, 2.05) is 0 Å². The summed E-state index contributed by atoms with van der Waals surface area (Å²) in [6, 6.07) is 6.53. The summed E-state index contributed by atoms with van der Waals surface area (Å²) < 4.78 is 4.93. The van der Waals surface area contributed by atoms with Gasteiger partial charge in [0.1, 0.15) is 6.33 Å². The first-order chi connectivity index (χ1) is 12.1. The zero-order valence-electron chi connectivity index (χ0n) is 13.6. The lowest BCUT2D eigenvalue weighted by Crippen LogP contribution is -2.28. The Morgan fingerprint density at radius 3 is 2.76 bits per heavy atom. The first-order valence-electron chi connectivity index (χ1n) is 7.82. The molecular formula is C16H17N5O4. The lowest BCUT2D eigenvalue weighted by Gasteiger charge is -2.17. The molecule has 2 aromatic rings. The molecule has 0 saturated carbocycles. The van der Waals surface area contributed by atoms with E-state index in [2.05, 4.69) is 20.5 Å². The predicted octanol–water partition coefficient (Wildman–Crippen LogP) is 0.973. The van der Waals surface area contributed by atoms with Crippen molar-refractivity contribution in [2.24, 2.45) is 5.92 Å². The maximum absolute atomic E-state index is 12.2. The lowest BCUT2D eigenvalue weighted by atomic mass is 10.1. The van der Waals surface area contributed by atoms with Crippen molar-refractivity contribution < 1.29 is 19.1 Å². The molecule has 2 heterocycles. The van der Waals surface area contributed by atoms with Crippen LogP contribution in [0.3, 0.4) is 0 Å². The molecule has 1 fully saturated rings. The quantitative estimate of drug-likeness (QED) is 0.781. The minimum atomic E-state index is -0.484. The van der Waals surface area contributed by atoms with E-state index in [1.54, 1.807) is 31.2 Å². The molecule has 1 aromatic heterocycles. The molecule has 9 heteroatoms. The number of H-pyrrole nitrogens is 1. The molecule has 1 atom stereocenters. The highest BCUT2D eigenvalue weighted by Gasteiger charge is 2.35. The molecule has 0 spiro atoms. The van der Waals surface area contributed by atoms with Gasteiger partial charge < -0.3 is 9.64 Å². The summed E-state index contributed by atoms with van der Waals surface area (Å²) in [5.41, 5.74) is 1.05. The van der Waals surface area contributed by atoms with Gasteiger partial charge in [0.2, 0.25) is 17.8 Å². The van der Waals surface area contributed by atoms with Crippen molar-refractivity contribution in [3.8, 4) is 0 Å². The third-order valence-electron chi connectivity index (χ3n) is 3.84. The minimum Gasteiger partial charge on any atom is -0.462 e. The lowest BCUT2D eigenvalue weighted by molar-refractivity contribution is -0.122. The van der Waals surface area contributed by atoms with Gasteiger partial charge in [-0.25, -0.2) is 9.89 Å². The van der Waals surface area contributed by atoms with E-state index in [0.717, 1.165) is 0 Å². The Bertz CT molecular complexity index is 772. The summed E-state index contributed by atoms with van der Waals surface area (Å²) in [5.74, 6) is -1.10. The number of benzene rings is 1. The number of carbonyl (C=O) groups excluding carboxylic acids is 3. The average Bonchev–Trinajstić information content (AvgIpc) is 3.25. The van der Waals surface area contributed by atoms with Gasteiger partial charge in [-0.3, -0.25) is 14.9 Å². The Hall–Kier alpha value is -3.23. The van der Waals surface area contributed by atoms with Crippen LogP contribution in [-0.2, 0) is 14.3 Å². The second-order valence-corrected chi connectivity index (χ2v) is 5.50. The highest BCUT2D eigenvalue weighted by atomic mass is 16.5. The second-order valence-electron chi connectivity index (χ2n) is 5.50. The van der Waals surface area contributed by atoms with Crippen molar-refractivity contribution in [1.29, 1.82) is 0 Å². The maximum Gasteiger partial charge on any atom is 0.338 e. The molecule has 2 N–H and O–H groups in total. The predicted molar refractivity (Wildman–Crippen MR) is 87.9 cm³/mol. The van der Waals surface area contributed by atoms with Crippen molar-refractivity contribution in [2.45, 2.75) is 13.3 Å². The third-order valence-corrected chi connectivity index (χ3v) is 3.84. The number of hydrogen-bond acceptors (Lipinski definition) is 6. The van der Waals surface area contributed by atoms with Crippen molar-refractivity contribution in [2.75, 3.05) is 23.4 Å². The van der Waals surface area contributed by atoms with Gasteiger partial charge in [-0.1, -0.05) is 0 Å². The summed E-state index contributed by atoms with van der Waals surface area (Å²) in [6.45, 7) is 2.30. The topological polar surface area (TPSA) is 117 Å². The van der Waals surface area contributed by atoms with Crippen LogP contribution in [0.4, 0.5) is 11.6 Å². The van der Waals surface area contributed by atoms with E-state index in [4.69, 9.17) is 4.74 Å². The van der Waals surface area contributed by atoms with Gasteiger partial charge in [0.25, 0.3) is 0 Å². The van der Waals surface area contributed by atoms with Gasteiger partial charge >= 0.3 is 5.97 Å². The molecule has 130 valence electrons. The molecule has 3 rings (SSSR count). The van der Waals surface area contributed by atoms with Crippen LogP contribution >= 0.6 is 0 Å². The number of ether oxygens (including phenoxy) is 1. The Balaban J connectivity index is 1.66. The van der Waals surface area contributed by atoms with Crippen LogP contribution in [0, 0.1) is 5.92 Å². The van der Waals surface area contributed by atoms with Gasteiger partial charge in [0, 0.05) is 18.7 Å². The van der Waals surface area contributed by atoms with Crippen LogP contribution in [0.2, 0.25) is 0 Å². The Morgan fingerprint density at radius 2 is 2.12 bits per heavy atom. The number of amides is 2. The fourth-order valence-corrected chi connectivity index (χ4v) is 2.61. The molecule has 0 aliphatic carbocycles. The van der Waals surface area contributed by atoms with Crippen molar-refractivity contribution in [1.82, 2.24) is 15.2 Å². The Morgan fingerprint density at radius 1 is 1.36 bits per heavy atom. The molecule has 0 unspecified atom stereocenters. The smallest absolute Gasteiger partial charge is 0.338 e. The van der Waals surface area contributed by atoms with E-state index in [1.165, 1.54) is 11.2 Å². The zero-order chi connectivity index (χ0) is 17.8. The van der Waals surface area contributed by atoms with Crippen LogP contribution in [-0.4, -0.2) is 46.1 Å². The highest BCUT2D eigenvalue weighted by molar-refractivity contribution is 6.03. The number of nitrogens with one attached hydrogen (secondary N) is 2. The monoisotopic (exact) mass is 343 g/mol. The number of aromatic nitrogens is 3. The van der Waals surface area contributed by atoms with Gasteiger partial charge in [-0.2, -0.15) is 10.1 Å². The zero-order valence-corrected chi connectivity index (χ0v) is 13.6. The largest absolute Gasteiger partial charge is 0.462 e. The van der Waals surface area contributed by atoms with Gasteiger partial charge in [0.15, 0.2) is 0 Å². The van der Waals surface area contributed by atoms with Crippen LogP contribution in [0.5, 0.6) is 0 Å². The molecular weight excluding hydrogens is 326 g/mol. The number of nitrogens with zero attached hydrogens (tertiary/aromatic N) is 3. The fraction of sp³-hybridized carbons (Fsp3) is 0.312. The molecule has 2 amide bonds. The van der Waals surface area contributed by atoms with Gasteiger partial charge in [-0.05, 0) is 31.2 Å². The number of aromatic amines is 1. The molecule has 9 nitrogen and oxygen atoms in total. The average molecular weight is 343 g/mol. The Labute approximate surface area is 143 Å². The van der Waals surface area contributed by atoms with Crippen LogP contribution in [0.15, 0.2) is 30.6 Å². The summed E-state index contributed by atoms with van der Waals surface area (Å²) >= 11 is 0. The third kappa shape index (κ3) is 3.65. The summed E-state index contributed by atoms with van der Waals surface area (Å²) in [5, 5.41) is 8.77.